The average Bonchev–Trinajstić information content (AvgIpc) is 2.72. The molecule has 0 aromatic heterocycles. The molecule has 1 N–H and O–H groups in total. The molecule has 0 unspecified atom stereocenters. The van der Waals surface area contributed by atoms with Crippen LogP contribution in [0.3, 0.4) is 0 Å². The van der Waals surface area contributed by atoms with Crippen LogP contribution in [0.25, 0.3) is 0 Å². The minimum atomic E-state index is -0.596. The molecule has 1 saturated carbocycles. The molecule has 0 saturated heterocycles. The van der Waals surface area contributed by atoms with Gasteiger partial charge in [-0.1, -0.05) is 12.1 Å². The van der Waals surface area contributed by atoms with Gasteiger partial charge in [-0.05, 0) is 25.3 Å². The Morgan fingerprint density at radius 3 is 3.00 bits per heavy atom. The van der Waals surface area contributed by atoms with Crippen molar-refractivity contribution in [2.75, 3.05) is 13.2 Å². The fourth-order valence-electron chi connectivity index (χ4n) is 2.24. The Bertz CT molecular complexity index is 396. The molecule has 1 aliphatic carbocycles. The minimum Gasteiger partial charge on any atom is -0.489 e. The Labute approximate surface area is 95.0 Å². The van der Waals surface area contributed by atoms with E-state index in [0.29, 0.717) is 6.61 Å². The molecule has 3 nitrogen and oxygen atoms in total. The van der Waals surface area contributed by atoms with Crippen molar-refractivity contribution in [2.45, 2.75) is 31.3 Å². The maximum absolute atomic E-state index is 9.95. The molecule has 16 heavy (non-hydrogen) atoms. The van der Waals surface area contributed by atoms with Crippen molar-refractivity contribution < 1.29 is 14.6 Å². The predicted octanol–water partition coefficient (Wildman–Crippen LogP) is 1.92. The smallest absolute Gasteiger partial charge is 0.164 e. The third-order valence-corrected chi connectivity index (χ3v) is 3.46. The second-order valence-electron chi connectivity index (χ2n) is 4.71. The Morgan fingerprint density at radius 1 is 1.38 bits per heavy atom. The van der Waals surface area contributed by atoms with Gasteiger partial charge < -0.3 is 14.6 Å². The van der Waals surface area contributed by atoms with Crippen molar-refractivity contribution in [3.63, 3.8) is 0 Å². The number of hydrogen-bond acceptors (Lipinski definition) is 3. The van der Waals surface area contributed by atoms with Gasteiger partial charge in [-0.3, -0.25) is 0 Å². The number of para-hydroxylation sites is 1. The van der Waals surface area contributed by atoms with Gasteiger partial charge in [-0.25, -0.2) is 0 Å². The van der Waals surface area contributed by atoms with E-state index >= 15 is 0 Å². The first-order valence-electron chi connectivity index (χ1n) is 5.87. The molecule has 0 spiro atoms. The summed E-state index contributed by atoms with van der Waals surface area (Å²) in [6, 6.07) is 5.95. The molecule has 0 atom stereocenters. The first-order chi connectivity index (χ1) is 7.77. The number of aliphatic hydroxyl groups is 1. The minimum absolute atomic E-state index is 0.382. The van der Waals surface area contributed by atoms with Crippen LogP contribution in [-0.4, -0.2) is 23.9 Å². The quantitative estimate of drug-likeness (QED) is 0.845. The van der Waals surface area contributed by atoms with E-state index in [9.17, 15) is 5.11 Å². The number of hydrogen-bond donors (Lipinski definition) is 1. The summed E-state index contributed by atoms with van der Waals surface area (Å²) in [5.74, 6) is 1.64. The van der Waals surface area contributed by atoms with E-state index in [4.69, 9.17) is 9.47 Å². The van der Waals surface area contributed by atoms with Crippen LogP contribution in [0.5, 0.6) is 11.5 Å². The van der Waals surface area contributed by atoms with Crippen molar-refractivity contribution >= 4 is 0 Å². The van der Waals surface area contributed by atoms with Crippen molar-refractivity contribution in [3.8, 4) is 11.5 Å². The Kier molecular flexibility index (Phi) is 2.28. The van der Waals surface area contributed by atoms with E-state index in [-0.39, 0.29) is 0 Å². The second kappa shape index (κ2) is 3.67. The molecular formula is C13H16O3. The molecule has 3 rings (SSSR count). The van der Waals surface area contributed by atoms with E-state index < -0.39 is 5.60 Å². The highest BCUT2D eigenvalue weighted by molar-refractivity contribution is 5.48. The molecule has 86 valence electrons. The second-order valence-corrected chi connectivity index (χ2v) is 4.71. The van der Waals surface area contributed by atoms with Crippen LogP contribution in [0.2, 0.25) is 0 Å². The van der Waals surface area contributed by atoms with Gasteiger partial charge in [0.05, 0.1) is 12.2 Å². The van der Waals surface area contributed by atoms with Gasteiger partial charge >= 0.3 is 0 Å². The SMILES string of the molecule is OC1(COc2cccc3c2OCC3)CCC1. The number of ether oxygens (including phenoxy) is 2. The van der Waals surface area contributed by atoms with E-state index in [1.165, 1.54) is 5.56 Å². The molecule has 1 aromatic rings. The van der Waals surface area contributed by atoms with Gasteiger partial charge in [0.2, 0.25) is 0 Å². The van der Waals surface area contributed by atoms with Gasteiger partial charge in [0.15, 0.2) is 11.5 Å². The zero-order valence-electron chi connectivity index (χ0n) is 9.24. The largest absolute Gasteiger partial charge is 0.489 e. The monoisotopic (exact) mass is 220 g/mol. The Balaban J connectivity index is 1.72. The van der Waals surface area contributed by atoms with Gasteiger partial charge in [0.25, 0.3) is 0 Å². The molecule has 1 fully saturated rings. The van der Waals surface area contributed by atoms with Crippen LogP contribution in [0.4, 0.5) is 0 Å². The molecule has 0 radical (unpaired) electrons. The fraction of sp³-hybridized carbons (Fsp3) is 0.538. The average molecular weight is 220 g/mol. The molecule has 1 aromatic carbocycles. The van der Waals surface area contributed by atoms with E-state index in [0.717, 1.165) is 43.8 Å². The summed E-state index contributed by atoms with van der Waals surface area (Å²) in [4.78, 5) is 0. The maximum atomic E-state index is 9.95. The van der Waals surface area contributed by atoms with Crippen LogP contribution in [0, 0.1) is 0 Å². The summed E-state index contributed by atoms with van der Waals surface area (Å²) in [5.41, 5.74) is 0.611. The molecular weight excluding hydrogens is 204 g/mol. The molecule has 0 bridgehead atoms. The van der Waals surface area contributed by atoms with Crippen LogP contribution in [0.1, 0.15) is 24.8 Å². The maximum Gasteiger partial charge on any atom is 0.164 e. The highest BCUT2D eigenvalue weighted by Gasteiger charge is 2.35. The van der Waals surface area contributed by atoms with Crippen LogP contribution >= 0.6 is 0 Å². The molecule has 0 amide bonds. The third-order valence-electron chi connectivity index (χ3n) is 3.46. The van der Waals surface area contributed by atoms with Crippen LogP contribution in [-0.2, 0) is 6.42 Å². The summed E-state index contributed by atoms with van der Waals surface area (Å²) in [6.07, 6.45) is 3.76. The lowest BCUT2D eigenvalue weighted by Gasteiger charge is -2.36. The summed E-state index contributed by atoms with van der Waals surface area (Å²) in [7, 11) is 0. The summed E-state index contributed by atoms with van der Waals surface area (Å²) < 4.78 is 11.2. The summed E-state index contributed by atoms with van der Waals surface area (Å²) >= 11 is 0. The normalized spacial score (nSPS) is 20.8. The molecule has 1 aliphatic heterocycles. The van der Waals surface area contributed by atoms with Crippen molar-refractivity contribution in [2.24, 2.45) is 0 Å². The van der Waals surface area contributed by atoms with E-state index in [1.54, 1.807) is 0 Å². The van der Waals surface area contributed by atoms with E-state index in [2.05, 4.69) is 6.07 Å². The standard InChI is InChI=1S/C13H16O3/c14-13(6-2-7-13)9-16-11-4-1-3-10-5-8-15-12(10)11/h1,3-4,14H,2,5-9H2. The van der Waals surface area contributed by atoms with Crippen LogP contribution < -0.4 is 9.47 Å². The fourth-order valence-corrected chi connectivity index (χ4v) is 2.24. The Morgan fingerprint density at radius 2 is 2.25 bits per heavy atom. The molecule has 2 aliphatic rings. The number of benzene rings is 1. The van der Waals surface area contributed by atoms with Gasteiger partial charge in [-0.2, -0.15) is 0 Å². The van der Waals surface area contributed by atoms with Crippen molar-refractivity contribution in [3.05, 3.63) is 23.8 Å². The first kappa shape index (κ1) is 9.97. The first-order valence-corrected chi connectivity index (χ1v) is 5.87. The molecule has 3 heteroatoms. The van der Waals surface area contributed by atoms with Crippen molar-refractivity contribution in [1.29, 1.82) is 0 Å². The predicted molar refractivity (Wildman–Crippen MR) is 59.9 cm³/mol. The summed E-state index contributed by atoms with van der Waals surface area (Å²) in [5, 5.41) is 9.95. The lowest BCUT2D eigenvalue weighted by atomic mass is 9.81. The number of fused-ring (bicyclic) bond motifs is 1. The van der Waals surface area contributed by atoms with Gasteiger partial charge in [-0.15, -0.1) is 0 Å². The highest BCUT2D eigenvalue weighted by atomic mass is 16.5. The third kappa shape index (κ3) is 1.65. The van der Waals surface area contributed by atoms with Crippen molar-refractivity contribution in [1.82, 2.24) is 0 Å². The lowest BCUT2D eigenvalue weighted by molar-refractivity contribution is -0.0667. The van der Waals surface area contributed by atoms with E-state index in [1.807, 2.05) is 12.1 Å². The number of rotatable bonds is 3. The molecule has 1 heterocycles. The lowest BCUT2D eigenvalue weighted by Crippen LogP contribution is -2.42. The van der Waals surface area contributed by atoms with Gasteiger partial charge in [0, 0.05) is 12.0 Å². The zero-order chi connectivity index (χ0) is 11.0. The highest BCUT2D eigenvalue weighted by Crippen LogP contribution is 2.37. The van der Waals surface area contributed by atoms with Gasteiger partial charge in [0.1, 0.15) is 6.61 Å². The summed E-state index contributed by atoms with van der Waals surface area (Å²) in [6.45, 7) is 1.12. The van der Waals surface area contributed by atoms with Crippen LogP contribution in [0.15, 0.2) is 18.2 Å². The zero-order valence-corrected chi connectivity index (χ0v) is 9.24. The Hall–Kier alpha value is -1.22. The topological polar surface area (TPSA) is 38.7 Å².